The Morgan fingerprint density at radius 2 is 1.96 bits per heavy atom. The molecule has 0 aliphatic carbocycles. The van der Waals surface area contributed by atoms with Gasteiger partial charge in [-0.05, 0) is 30.7 Å². The number of carbonyl (C=O) groups is 1. The molecule has 0 atom stereocenters. The Morgan fingerprint density at radius 3 is 2.79 bits per heavy atom. The number of hydrogen-bond donors (Lipinski definition) is 0. The number of fused-ring (bicyclic) bond motifs is 4. The second-order valence-corrected chi connectivity index (χ2v) is 6.92. The minimum absolute atomic E-state index is 0.00766. The highest BCUT2D eigenvalue weighted by Gasteiger charge is 2.31. The monoisotopic (exact) mass is 369 g/mol. The topological polar surface area (TPSA) is 54.8 Å². The van der Waals surface area contributed by atoms with E-state index in [0.29, 0.717) is 11.1 Å². The summed E-state index contributed by atoms with van der Waals surface area (Å²) in [5, 5.41) is 1.01. The van der Waals surface area contributed by atoms with E-state index in [1.54, 1.807) is 7.11 Å². The smallest absolute Gasteiger partial charge is 0.196 e. The zero-order valence-corrected chi connectivity index (χ0v) is 15.6. The van der Waals surface area contributed by atoms with Crippen molar-refractivity contribution in [3.05, 3.63) is 71.3 Å². The number of methoxy groups -OCH3 is 1. The number of hydrogen-bond acceptors (Lipinski definition) is 5. The van der Waals surface area contributed by atoms with Crippen LogP contribution in [0.5, 0.6) is 5.75 Å². The second-order valence-electron chi connectivity index (χ2n) is 6.92. The molecule has 0 N–H and O–H groups in total. The molecule has 5 rings (SSSR count). The van der Waals surface area contributed by atoms with Crippen molar-refractivity contribution >= 4 is 34.4 Å². The van der Waals surface area contributed by atoms with Gasteiger partial charge in [-0.15, -0.1) is 0 Å². The van der Waals surface area contributed by atoms with E-state index in [2.05, 4.69) is 16.0 Å². The van der Waals surface area contributed by atoms with Crippen LogP contribution < -0.4 is 9.64 Å². The van der Waals surface area contributed by atoms with E-state index in [-0.39, 0.29) is 5.78 Å². The summed E-state index contributed by atoms with van der Waals surface area (Å²) in [5.41, 5.74) is 3.11. The Balaban J connectivity index is 1.70. The van der Waals surface area contributed by atoms with Crippen LogP contribution in [0.4, 0.5) is 5.82 Å². The van der Waals surface area contributed by atoms with Gasteiger partial charge in [-0.3, -0.25) is 9.79 Å². The van der Waals surface area contributed by atoms with Crippen molar-refractivity contribution in [1.29, 1.82) is 0 Å². The maximum Gasteiger partial charge on any atom is 0.196 e. The number of aliphatic imine (C=N–C) groups is 1. The highest BCUT2D eigenvalue weighted by molar-refractivity contribution is 6.35. The number of anilines is 1. The quantitative estimate of drug-likeness (QED) is 0.652. The molecule has 0 radical (unpaired) electrons. The number of amidine groups is 1. The molecule has 1 aromatic heterocycles. The predicted octanol–water partition coefficient (Wildman–Crippen LogP) is 4.13. The Morgan fingerprint density at radius 1 is 1.11 bits per heavy atom. The standard InChI is InChI=1S/C23H19N3O2/c1-28-18-9-8-16-12-17-13-19(21(27)15-6-3-2-4-7-15)23-24-10-5-11-26(23)22(17)25-20(16)14-18/h2-4,6-9,12-14H,5,10-11H2,1H3. The van der Waals surface area contributed by atoms with Crippen molar-refractivity contribution in [2.45, 2.75) is 6.42 Å². The number of aromatic nitrogens is 1. The third-order valence-electron chi connectivity index (χ3n) is 5.17. The van der Waals surface area contributed by atoms with Crippen molar-refractivity contribution < 1.29 is 9.53 Å². The third-order valence-corrected chi connectivity index (χ3v) is 5.17. The molecule has 0 unspecified atom stereocenters. The van der Waals surface area contributed by atoms with E-state index >= 15 is 0 Å². The molecule has 0 fully saturated rings. The number of nitrogens with zero attached hydrogens (tertiary/aromatic N) is 3. The normalized spacial score (nSPS) is 15.4. The SMILES string of the molecule is COc1ccc2cc3c(nc2c1)N1CCCN=C1C(C(=O)c1ccccc1)=C3. The van der Waals surface area contributed by atoms with Crippen LogP contribution in [-0.2, 0) is 0 Å². The van der Waals surface area contributed by atoms with Crippen molar-refractivity contribution in [2.24, 2.45) is 4.99 Å². The van der Waals surface area contributed by atoms with Gasteiger partial charge in [0.15, 0.2) is 5.78 Å². The molecule has 5 heteroatoms. The molecule has 2 aromatic carbocycles. The van der Waals surface area contributed by atoms with Crippen LogP contribution in [0.2, 0.25) is 0 Å². The summed E-state index contributed by atoms with van der Waals surface area (Å²) in [4.78, 5) is 24.8. The van der Waals surface area contributed by atoms with Crippen molar-refractivity contribution in [3.63, 3.8) is 0 Å². The lowest BCUT2D eigenvalue weighted by Crippen LogP contribution is -2.41. The first-order valence-electron chi connectivity index (χ1n) is 9.37. The average Bonchev–Trinajstić information content (AvgIpc) is 2.77. The molecule has 28 heavy (non-hydrogen) atoms. The van der Waals surface area contributed by atoms with Gasteiger partial charge in [-0.25, -0.2) is 4.98 Å². The predicted molar refractivity (Wildman–Crippen MR) is 111 cm³/mol. The highest BCUT2D eigenvalue weighted by atomic mass is 16.5. The minimum atomic E-state index is -0.00766. The van der Waals surface area contributed by atoms with Gasteiger partial charge in [-0.2, -0.15) is 0 Å². The van der Waals surface area contributed by atoms with Crippen LogP contribution in [-0.4, -0.2) is 36.8 Å². The molecule has 3 aromatic rings. The van der Waals surface area contributed by atoms with Gasteiger partial charge in [0.05, 0.1) is 18.2 Å². The van der Waals surface area contributed by atoms with Gasteiger partial charge >= 0.3 is 0 Å². The lowest BCUT2D eigenvalue weighted by molar-refractivity contribution is 0.104. The molecule has 0 spiro atoms. The van der Waals surface area contributed by atoms with Gasteiger partial charge < -0.3 is 9.64 Å². The second kappa shape index (κ2) is 6.60. The van der Waals surface area contributed by atoms with Crippen LogP contribution in [0.15, 0.2) is 65.2 Å². The molecule has 0 saturated carbocycles. The zero-order valence-electron chi connectivity index (χ0n) is 15.6. The fraction of sp³-hybridized carbons (Fsp3) is 0.174. The number of ether oxygens (including phenoxy) is 1. The van der Waals surface area contributed by atoms with Crippen molar-refractivity contribution in [3.8, 4) is 5.75 Å². The number of benzene rings is 2. The minimum Gasteiger partial charge on any atom is -0.497 e. The van der Waals surface area contributed by atoms with E-state index in [0.717, 1.165) is 53.4 Å². The third kappa shape index (κ3) is 2.67. The summed E-state index contributed by atoms with van der Waals surface area (Å²) in [5.74, 6) is 2.34. The number of carbonyl (C=O) groups excluding carboxylic acids is 1. The summed E-state index contributed by atoms with van der Waals surface area (Å²) in [7, 11) is 1.65. The number of rotatable bonds is 3. The summed E-state index contributed by atoms with van der Waals surface area (Å²) in [6.07, 6.45) is 2.87. The largest absolute Gasteiger partial charge is 0.497 e. The molecule has 3 heterocycles. The first-order chi connectivity index (χ1) is 13.7. The maximum atomic E-state index is 13.2. The Kier molecular flexibility index (Phi) is 3.93. The molecule has 0 bridgehead atoms. The zero-order chi connectivity index (χ0) is 19.1. The number of ketones is 1. The lowest BCUT2D eigenvalue weighted by atomic mass is 9.95. The van der Waals surface area contributed by atoms with Crippen LogP contribution in [0.25, 0.3) is 17.0 Å². The van der Waals surface area contributed by atoms with E-state index < -0.39 is 0 Å². The molecule has 5 nitrogen and oxygen atoms in total. The van der Waals surface area contributed by atoms with E-state index in [4.69, 9.17) is 9.72 Å². The molecule has 2 aliphatic rings. The molecule has 2 aliphatic heterocycles. The summed E-state index contributed by atoms with van der Waals surface area (Å²) in [6, 6.07) is 17.3. The van der Waals surface area contributed by atoms with E-state index in [1.807, 2.05) is 54.6 Å². The Hall–Kier alpha value is -3.47. The molecule has 0 amide bonds. The van der Waals surface area contributed by atoms with Crippen LogP contribution in [0.1, 0.15) is 22.3 Å². The highest BCUT2D eigenvalue weighted by Crippen LogP contribution is 2.34. The van der Waals surface area contributed by atoms with Gasteiger partial charge in [0.2, 0.25) is 0 Å². The Labute approximate surface area is 163 Å². The number of Topliss-reactive ketones (excluding diaryl/α,β-unsaturated/α-hetero) is 1. The van der Waals surface area contributed by atoms with Gasteiger partial charge in [0, 0.05) is 35.7 Å². The summed E-state index contributed by atoms with van der Waals surface area (Å²) in [6.45, 7) is 1.52. The first kappa shape index (κ1) is 16.7. The molecule has 0 saturated heterocycles. The van der Waals surface area contributed by atoms with Gasteiger partial charge in [0.25, 0.3) is 0 Å². The fourth-order valence-corrected chi connectivity index (χ4v) is 3.78. The van der Waals surface area contributed by atoms with E-state index in [1.165, 1.54) is 0 Å². The van der Waals surface area contributed by atoms with Crippen LogP contribution in [0, 0.1) is 0 Å². The molecular formula is C23H19N3O2. The van der Waals surface area contributed by atoms with Gasteiger partial charge in [0.1, 0.15) is 17.4 Å². The van der Waals surface area contributed by atoms with E-state index in [9.17, 15) is 4.79 Å². The Bertz CT molecular complexity index is 1150. The molecular weight excluding hydrogens is 350 g/mol. The van der Waals surface area contributed by atoms with Crippen LogP contribution >= 0.6 is 0 Å². The average molecular weight is 369 g/mol. The summed E-state index contributed by atoms with van der Waals surface area (Å²) < 4.78 is 5.34. The maximum absolute atomic E-state index is 13.2. The van der Waals surface area contributed by atoms with Crippen LogP contribution in [0.3, 0.4) is 0 Å². The first-order valence-corrected chi connectivity index (χ1v) is 9.37. The van der Waals surface area contributed by atoms with Crippen molar-refractivity contribution in [1.82, 2.24) is 4.98 Å². The molecule has 138 valence electrons. The lowest BCUT2D eigenvalue weighted by Gasteiger charge is -2.33. The number of pyridine rings is 1. The van der Waals surface area contributed by atoms with Crippen molar-refractivity contribution in [2.75, 3.05) is 25.1 Å². The summed E-state index contributed by atoms with van der Waals surface area (Å²) >= 11 is 0. The fourth-order valence-electron chi connectivity index (χ4n) is 3.78. The van der Waals surface area contributed by atoms with Gasteiger partial charge in [-0.1, -0.05) is 30.3 Å².